The lowest BCUT2D eigenvalue weighted by Crippen LogP contribution is -2.30. The number of hydrogen-bond acceptors (Lipinski definition) is 2. The number of pyridine rings is 1. The number of rotatable bonds is 6. The minimum atomic E-state index is 0.422. The van der Waals surface area contributed by atoms with E-state index in [0.29, 0.717) is 6.04 Å². The Morgan fingerprint density at radius 2 is 1.71 bits per heavy atom. The summed E-state index contributed by atoms with van der Waals surface area (Å²) >= 11 is 0. The van der Waals surface area contributed by atoms with Gasteiger partial charge in [0.2, 0.25) is 0 Å². The number of hydrogen-bond donors (Lipinski definition) is 1. The van der Waals surface area contributed by atoms with Gasteiger partial charge in [0.15, 0.2) is 0 Å². The van der Waals surface area contributed by atoms with Gasteiger partial charge in [-0.1, -0.05) is 42.3 Å². The van der Waals surface area contributed by atoms with E-state index < -0.39 is 0 Å². The maximum atomic E-state index is 4.57. The molecule has 1 N–H and O–H groups in total. The Morgan fingerprint density at radius 3 is 2.24 bits per heavy atom. The van der Waals surface area contributed by atoms with Crippen LogP contribution in [0, 0.1) is 13.8 Å². The molecule has 1 heterocycles. The molecule has 0 saturated carbocycles. The van der Waals surface area contributed by atoms with Crippen LogP contribution in [0.2, 0.25) is 0 Å². The molecule has 0 saturated heterocycles. The van der Waals surface area contributed by atoms with E-state index in [1.54, 1.807) is 0 Å². The molecular weight excluding hydrogens is 256 g/mol. The van der Waals surface area contributed by atoms with Crippen molar-refractivity contribution >= 4 is 0 Å². The lowest BCUT2D eigenvalue weighted by atomic mass is 9.98. The predicted molar refractivity (Wildman–Crippen MR) is 89.8 cm³/mol. The molecule has 0 amide bonds. The second kappa shape index (κ2) is 7.37. The van der Waals surface area contributed by atoms with Crippen molar-refractivity contribution in [3.8, 4) is 0 Å². The highest BCUT2D eigenvalue weighted by Crippen LogP contribution is 2.13. The molecule has 0 aliphatic rings. The number of nitrogens with zero attached hydrogens (tertiary/aromatic N) is 1. The maximum Gasteiger partial charge on any atom is 0.0419 e. The summed E-state index contributed by atoms with van der Waals surface area (Å²) in [5.41, 5.74) is 6.54. The van der Waals surface area contributed by atoms with Crippen LogP contribution in [0.1, 0.15) is 34.9 Å². The molecule has 2 aromatic rings. The van der Waals surface area contributed by atoms with Gasteiger partial charge >= 0.3 is 0 Å². The fraction of sp³-hybridized carbons (Fsp3) is 0.421. The molecule has 1 aromatic heterocycles. The highest BCUT2D eigenvalue weighted by molar-refractivity contribution is 5.29. The molecule has 1 unspecified atom stereocenters. The van der Waals surface area contributed by atoms with Gasteiger partial charge in [0.25, 0.3) is 0 Å². The molecule has 2 heteroatoms. The quantitative estimate of drug-likeness (QED) is 0.875. The van der Waals surface area contributed by atoms with Crippen LogP contribution >= 0.6 is 0 Å². The van der Waals surface area contributed by atoms with Crippen molar-refractivity contribution in [1.29, 1.82) is 0 Å². The first-order valence-corrected chi connectivity index (χ1v) is 7.79. The van der Waals surface area contributed by atoms with E-state index in [1.165, 1.54) is 22.3 Å². The molecule has 0 spiro atoms. The molecule has 2 nitrogen and oxygen atoms in total. The number of aromatic nitrogens is 1. The highest BCUT2D eigenvalue weighted by atomic mass is 14.9. The third kappa shape index (κ3) is 4.68. The molecule has 1 aromatic carbocycles. The minimum absolute atomic E-state index is 0.422. The highest BCUT2D eigenvalue weighted by Gasteiger charge is 2.10. The van der Waals surface area contributed by atoms with Gasteiger partial charge in [-0.25, -0.2) is 0 Å². The fourth-order valence-corrected chi connectivity index (χ4v) is 2.79. The van der Waals surface area contributed by atoms with E-state index in [1.807, 2.05) is 13.2 Å². The van der Waals surface area contributed by atoms with Crippen LogP contribution < -0.4 is 5.32 Å². The van der Waals surface area contributed by atoms with E-state index >= 15 is 0 Å². The van der Waals surface area contributed by atoms with E-state index in [9.17, 15) is 0 Å². The lowest BCUT2D eigenvalue weighted by molar-refractivity contribution is 0.550. The molecular formula is C19H26N2. The lowest BCUT2D eigenvalue weighted by Gasteiger charge is -2.17. The van der Waals surface area contributed by atoms with Gasteiger partial charge < -0.3 is 5.32 Å². The van der Waals surface area contributed by atoms with Crippen molar-refractivity contribution in [2.75, 3.05) is 7.05 Å². The van der Waals surface area contributed by atoms with Gasteiger partial charge in [-0.05, 0) is 50.9 Å². The van der Waals surface area contributed by atoms with E-state index in [2.05, 4.69) is 61.4 Å². The van der Waals surface area contributed by atoms with Crippen LogP contribution in [-0.4, -0.2) is 18.1 Å². The molecule has 1 atom stereocenters. The van der Waals surface area contributed by atoms with Crippen LogP contribution in [-0.2, 0) is 19.3 Å². The summed E-state index contributed by atoms with van der Waals surface area (Å²) in [6.07, 6.45) is 5.05. The van der Waals surface area contributed by atoms with Crippen molar-refractivity contribution in [2.24, 2.45) is 0 Å². The Hall–Kier alpha value is -1.67. The predicted octanol–water partition coefficient (Wildman–Crippen LogP) is 3.63. The van der Waals surface area contributed by atoms with Crippen LogP contribution in [0.4, 0.5) is 0 Å². The number of aryl methyl sites for hydroxylation is 3. The largest absolute Gasteiger partial charge is 0.316 e. The Balaban J connectivity index is 2.05. The van der Waals surface area contributed by atoms with Crippen molar-refractivity contribution < 1.29 is 0 Å². The van der Waals surface area contributed by atoms with Gasteiger partial charge in [-0.15, -0.1) is 0 Å². The Morgan fingerprint density at radius 1 is 1.00 bits per heavy atom. The first-order chi connectivity index (χ1) is 10.1. The fourth-order valence-electron chi connectivity index (χ4n) is 2.79. The van der Waals surface area contributed by atoms with Crippen molar-refractivity contribution in [3.63, 3.8) is 0 Å². The minimum Gasteiger partial charge on any atom is -0.316 e. The van der Waals surface area contributed by atoms with Crippen molar-refractivity contribution in [1.82, 2.24) is 10.3 Å². The Bertz CT molecular complexity index is 552. The van der Waals surface area contributed by atoms with Gasteiger partial charge in [0.1, 0.15) is 0 Å². The van der Waals surface area contributed by atoms with Crippen LogP contribution in [0.5, 0.6) is 0 Å². The van der Waals surface area contributed by atoms with E-state index in [0.717, 1.165) is 25.0 Å². The smallest absolute Gasteiger partial charge is 0.0419 e. The van der Waals surface area contributed by atoms with Crippen LogP contribution in [0.3, 0.4) is 0 Å². The van der Waals surface area contributed by atoms with E-state index in [4.69, 9.17) is 0 Å². The maximum absolute atomic E-state index is 4.57. The molecule has 2 rings (SSSR count). The van der Waals surface area contributed by atoms with Crippen molar-refractivity contribution in [2.45, 2.75) is 46.1 Å². The van der Waals surface area contributed by atoms with Gasteiger partial charge in [-0.2, -0.15) is 0 Å². The van der Waals surface area contributed by atoms with Gasteiger partial charge in [0.05, 0.1) is 0 Å². The first-order valence-electron chi connectivity index (χ1n) is 7.79. The monoisotopic (exact) mass is 282 g/mol. The summed E-state index contributed by atoms with van der Waals surface area (Å²) in [6.45, 7) is 6.49. The number of nitrogens with one attached hydrogen (secondary N) is 1. The molecule has 0 radical (unpaired) electrons. The summed E-state index contributed by atoms with van der Waals surface area (Å²) in [4.78, 5) is 4.57. The molecule has 0 fully saturated rings. The second-order valence-corrected chi connectivity index (χ2v) is 5.90. The zero-order valence-corrected chi connectivity index (χ0v) is 13.6. The molecule has 112 valence electrons. The summed E-state index contributed by atoms with van der Waals surface area (Å²) in [5, 5.41) is 3.43. The SMILES string of the molecule is CCc1ccc(CC(Cc2cc(C)cc(C)c2)NC)nc1. The molecule has 0 bridgehead atoms. The topological polar surface area (TPSA) is 24.9 Å². The first kappa shape index (κ1) is 15.7. The summed E-state index contributed by atoms with van der Waals surface area (Å²) in [7, 11) is 2.04. The van der Waals surface area contributed by atoms with Crippen LogP contribution in [0.25, 0.3) is 0 Å². The number of benzene rings is 1. The second-order valence-electron chi connectivity index (χ2n) is 5.90. The third-order valence-corrected chi connectivity index (χ3v) is 3.92. The summed E-state index contributed by atoms with van der Waals surface area (Å²) in [6, 6.07) is 11.6. The average Bonchev–Trinajstić information content (AvgIpc) is 2.46. The zero-order valence-electron chi connectivity index (χ0n) is 13.6. The average molecular weight is 282 g/mol. The van der Waals surface area contributed by atoms with Crippen LogP contribution in [0.15, 0.2) is 36.5 Å². The van der Waals surface area contributed by atoms with Gasteiger partial charge in [-0.3, -0.25) is 4.98 Å². The standard InChI is InChI=1S/C19H26N2/c1-5-16-6-7-18(21-13-16)12-19(20-4)11-17-9-14(2)8-15(3)10-17/h6-10,13,19-20H,5,11-12H2,1-4H3. The molecule has 0 aliphatic heterocycles. The summed E-state index contributed by atoms with van der Waals surface area (Å²) < 4.78 is 0. The Labute approximate surface area is 128 Å². The van der Waals surface area contributed by atoms with Crippen molar-refractivity contribution in [3.05, 3.63) is 64.5 Å². The third-order valence-electron chi connectivity index (χ3n) is 3.92. The normalized spacial score (nSPS) is 12.4. The molecule has 0 aliphatic carbocycles. The number of likely N-dealkylation sites (N-methyl/N-ethyl adjacent to an activating group) is 1. The van der Waals surface area contributed by atoms with Gasteiger partial charge in [0, 0.05) is 24.4 Å². The Kier molecular flexibility index (Phi) is 5.51. The molecule has 21 heavy (non-hydrogen) atoms. The zero-order chi connectivity index (χ0) is 15.2. The summed E-state index contributed by atoms with van der Waals surface area (Å²) in [5.74, 6) is 0. The van der Waals surface area contributed by atoms with E-state index in [-0.39, 0.29) is 0 Å².